The van der Waals surface area contributed by atoms with Crippen molar-refractivity contribution in [2.45, 2.75) is 38.5 Å². The minimum Gasteiger partial charge on any atom is -0.312 e. The number of nitrogens with zero attached hydrogens (tertiary/aromatic N) is 2. The minimum absolute atomic E-state index is 0.133. The zero-order valence-corrected chi connectivity index (χ0v) is 18.8. The van der Waals surface area contributed by atoms with Crippen LogP contribution < -0.4 is 10.2 Å². The molecule has 2 amide bonds. The molecule has 5 rings (SSSR count). The number of aromatic nitrogens is 1. The Morgan fingerprint density at radius 2 is 1.82 bits per heavy atom. The van der Waals surface area contributed by atoms with E-state index in [9.17, 15) is 18.4 Å². The standard InChI is InChI=1S/C25H23F2N3O2S/c26-18-7-4-8-19(27)22(18)23(31)29-25-28-20(14-33-25)16-9-10-21-17(13-16)11-12-30(21)24(32)15-5-2-1-3-6-15/h4,7-10,13-15H,1-3,5-6,11-12H2,(H,28,29,31). The molecule has 0 atom stereocenters. The Bertz CT molecular complexity index is 1200. The van der Waals surface area contributed by atoms with Gasteiger partial charge in [-0.25, -0.2) is 13.8 Å². The molecular weight excluding hydrogens is 444 g/mol. The first-order valence-electron chi connectivity index (χ1n) is 11.2. The largest absolute Gasteiger partial charge is 0.312 e. The van der Waals surface area contributed by atoms with Gasteiger partial charge in [0.1, 0.15) is 17.2 Å². The van der Waals surface area contributed by atoms with E-state index in [0.29, 0.717) is 12.2 Å². The molecule has 1 aliphatic heterocycles. The molecule has 2 heterocycles. The Balaban J connectivity index is 1.32. The summed E-state index contributed by atoms with van der Waals surface area (Å²) in [6.45, 7) is 0.695. The molecule has 0 saturated heterocycles. The quantitative estimate of drug-likeness (QED) is 0.527. The van der Waals surface area contributed by atoms with E-state index in [0.717, 1.165) is 61.1 Å². The maximum atomic E-state index is 13.9. The van der Waals surface area contributed by atoms with Gasteiger partial charge >= 0.3 is 0 Å². The summed E-state index contributed by atoms with van der Waals surface area (Å²) < 4.78 is 27.7. The molecule has 3 aromatic rings. The van der Waals surface area contributed by atoms with Gasteiger partial charge in [0.25, 0.3) is 5.91 Å². The first-order chi connectivity index (χ1) is 16.0. The van der Waals surface area contributed by atoms with Crippen LogP contribution in [-0.2, 0) is 11.2 Å². The van der Waals surface area contributed by atoms with E-state index in [4.69, 9.17) is 0 Å². The second-order valence-electron chi connectivity index (χ2n) is 8.51. The fraction of sp³-hybridized carbons (Fsp3) is 0.320. The molecule has 2 aromatic carbocycles. The molecule has 1 aromatic heterocycles. The lowest BCUT2D eigenvalue weighted by Crippen LogP contribution is -2.35. The number of fused-ring (bicyclic) bond motifs is 1. The molecule has 1 saturated carbocycles. The lowest BCUT2D eigenvalue weighted by Gasteiger charge is -2.26. The number of nitrogens with one attached hydrogen (secondary N) is 1. The van der Waals surface area contributed by atoms with Crippen molar-refractivity contribution in [3.63, 3.8) is 0 Å². The zero-order valence-electron chi connectivity index (χ0n) is 17.9. The summed E-state index contributed by atoms with van der Waals surface area (Å²) in [5, 5.41) is 4.52. The summed E-state index contributed by atoms with van der Waals surface area (Å²) in [5.74, 6) is -2.35. The lowest BCUT2D eigenvalue weighted by molar-refractivity contribution is -0.123. The van der Waals surface area contributed by atoms with Crippen LogP contribution in [0.25, 0.3) is 11.3 Å². The van der Waals surface area contributed by atoms with Crippen LogP contribution in [0.15, 0.2) is 41.8 Å². The first-order valence-corrected chi connectivity index (χ1v) is 12.0. The van der Waals surface area contributed by atoms with Crippen molar-refractivity contribution in [3.05, 3.63) is 64.5 Å². The molecule has 0 bridgehead atoms. The van der Waals surface area contributed by atoms with Crippen LogP contribution in [0.4, 0.5) is 19.6 Å². The van der Waals surface area contributed by atoms with E-state index in [1.807, 2.05) is 23.1 Å². The van der Waals surface area contributed by atoms with Gasteiger partial charge in [-0.3, -0.25) is 14.9 Å². The van der Waals surface area contributed by atoms with Crippen LogP contribution in [0.2, 0.25) is 0 Å². The predicted molar refractivity (Wildman–Crippen MR) is 124 cm³/mol. The summed E-state index contributed by atoms with van der Waals surface area (Å²) in [7, 11) is 0. The molecule has 1 fully saturated rings. The highest BCUT2D eigenvalue weighted by Crippen LogP contribution is 2.36. The third-order valence-corrected chi connectivity index (χ3v) is 7.16. The van der Waals surface area contributed by atoms with Gasteiger partial charge in [0.05, 0.1) is 5.69 Å². The van der Waals surface area contributed by atoms with Gasteiger partial charge in [-0.2, -0.15) is 0 Å². The highest BCUT2D eigenvalue weighted by Gasteiger charge is 2.31. The topological polar surface area (TPSA) is 62.3 Å². The molecule has 0 spiro atoms. The van der Waals surface area contributed by atoms with E-state index < -0.39 is 23.1 Å². The summed E-state index contributed by atoms with van der Waals surface area (Å²) >= 11 is 1.18. The van der Waals surface area contributed by atoms with Crippen molar-refractivity contribution in [1.82, 2.24) is 4.98 Å². The molecule has 8 heteroatoms. The first kappa shape index (κ1) is 21.7. The SMILES string of the molecule is O=C(Nc1nc(-c2ccc3c(c2)CCN3C(=O)C2CCCCC2)cs1)c1c(F)cccc1F. The second-order valence-corrected chi connectivity index (χ2v) is 9.37. The fourth-order valence-corrected chi connectivity index (χ4v) is 5.41. The molecule has 1 N–H and O–H groups in total. The molecule has 2 aliphatic rings. The van der Waals surface area contributed by atoms with Crippen molar-refractivity contribution >= 4 is 34.0 Å². The van der Waals surface area contributed by atoms with Gasteiger partial charge < -0.3 is 4.90 Å². The fourth-order valence-electron chi connectivity index (χ4n) is 4.70. The number of rotatable bonds is 4. The maximum Gasteiger partial charge on any atom is 0.263 e. The summed E-state index contributed by atoms with van der Waals surface area (Å²) in [5.41, 5.74) is 2.96. The normalized spacial score (nSPS) is 16.0. The number of hydrogen-bond acceptors (Lipinski definition) is 4. The minimum atomic E-state index is -0.921. The third-order valence-electron chi connectivity index (χ3n) is 6.41. The predicted octanol–water partition coefficient (Wildman–Crippen LogP) is 5.81. The molecule has 1 aliphatic carbocycles. The van der Waals surface area contributed by atoms with Crippen molar-refractivity contribution in [2.24, 2.45) is 5.92 Å². The van der Waals surface area contributed by atoms with Gasteiger partial charge in [0, 0.05) is 29.1 Å². The molecule has 5 nitrogen and oxygen atoms in total. The molecular formula is C25H23F2N3O2S. The van der Waals surface area contributed by atoms with E-state index >= 15 is 0 Å². The van der Waals surface area contributed by atoms with Crippen LogP contribution >= 0.6 is 11.3 Å². The number of hydrogen-bond donors (Lipinski definition) is 1. The Morgan fingerprint density at radius 3 is 2.58 bits per heavy atom. The van der Waals surface area contributed by atoms with Crippen molar-refractivity contribution < 1.29 is 18.4 Å². The van der Waals surface area contributed by atoms with Gasteiger partial charge in [0.2, 0.25) is 5.91 Å². The second kappa shape index (κ2) is 9.02. The Kier molecular flexibility index (Phi) is 5.93. The lowest BCUT2D eigenvalue weighted by atomic mass is 9.88. The average Bonchev–Trinajstić information content (AvgIpc) is 3.45. The zero-order chi connectivity index (χ0) is 22.9. The average molecular weight is 468 g/mol. The number of halogens is 2. The monoisotopic (exact) mass is 467 g/mol. The van der Waals surface area contributed by atoms with Crippen LogP contribution in [0, 0.1) is 17.6 Å². The van der Waals surface area contributed by atoms with Crippen LogP contribution in [-0.4, -0.2) is 23.3 Å². The Hall–Kier alpha value is -3.13. The summed E-state index contributed by atoms with van der Waals surface area (Å²) in [6, 6.07) is 9.20. The van der Waals surface area contributed by atoms with Gasteiger partial charge in [0.15, 0.2) is 5.13 Å². The Labute approximate surface area is 194 Å². The summed E-state index contributed by atoms with van der Waals surface area (Å²) in [4.78, 5) is 31.7. The van der Waals surface area contributed by atoms with E-state index in [1.54, 1.807) is 5.38 Å². The van der Waals surface area contributed by atoms with Crippen molar-refractivity contribution in [2.75, 3.05) is 16.8 Å². The van der Waals surface area contributed by atoms with E-state index in [-0.39, 0.29) is 17.0 Å². The molecule has 0 radical (unpaired) electrons. The van der Waals surface area contributed by atoms with Crippen molar-refractivity contribution in [3.8, 4) is 11.3 Å². The van der Waals surface area contributed by atoms with Gasteiger partial charge in [-0.1, -0.05) is 31.4 Å². The van der Waals surface area contributed by atoms with Crippen LogP contribution in [0.1, 0.15) is 48.0 Å². The third kappa shape index (κ3) is 4.27. The molecule has 33 heavy (non-hydrogen) atoms. The van der Waals surface area contributed by atoms with Gasteiger partial charge in [-0.15, -0.1) is 11.3 Å². The number of anilines is 2. The maximum absolute atomic E-state index is 13.9. The van der Waals surface area contributed by atoms with Crippen LogP contribution in [0.3, 0.4) is 0 Å². The van der Waals surface area contributed by atoms with E-state index in [2.05, 4.69) is 10.3 Å². The molecule has 0 unspecified atom stereocenters. The number of carbonyl (C=O) groups excluding carboxylic acids is 2. The number of benzene rings is 2. The molecule has 170 valence electrons. The van der Waals surface area contributed by atoms with Crippen LogP contribution in [0.5, 0.6) is 0 Å². The highest BCUT2D eigenvalue weighted by molar-refractivity contribution is 7.14. The number of amides is 2. The van der Waals surface area contributed by atoms with Gasteiger partial charge in [-0.05, 0) is 49.1 Å². The number of carbonyl (C=O) groups is 2. The summed E-state index contributed by atoms with van der Waals surface area (Å²) in [6.07, 6.45) is 6.22. The van der Waals surface area contributed by atoms with E-state index in [1.165, 1.54) is 23.8 Å². The highest BCUT2D eigenvalue weighted by atomic mass is 32.1. The van der Waals surface area contributed by atoms with Crippen molar-refractivity contribution in [1.29, 1.82) is 0 Å². The smallest absolute Gasteiger partial charge is 0.263 e. The number of thiazole rings is 1. The Morgan fingerprint density at radius 1 is 1.06 bits per heavy atom.